The zero-order valence-corrected chi connectivity index (χ0v) is 13.4. The second-order valence-corrected chi connectivity index (χ2v) is 7.06. The lowest BCUT2D eigenvalue weighted by Crippen LogP contribution is -2.41. The maximum absolute atomic E-state index is 12.3. The molecule has 0 rings (SSSR count). The van der Waals surface area contributed by atoms with Crippen molar-refractivity contribution in [1.29, 1.82) is 0 Å². The standard InChI is InChI=1S/C15H32N2O/c1-8-15(5,12-14(2,3)4)13(18)16-10-9-11-17(6)7/h8-12H2,1-7H3,(H,16,18). The van der Waals surface area contributed by atoms with Gasteiger partial charge in [-0.3, -0.25) is 4.79 Å². The van der Waals surface area contributed by atoms with Gasteiger partial charge < -0.3 is 10.2 Å². The van der Waals surface area contributed by atoms with Crippen molar-refractivity contribution in [3.05, 3.63) is 0 Å². The van der Waals surface area contributed by atoms with Crippen LogP contribution in [0.2, 0.25) is 0 Å². The molecule has 1 atom stereocenters. The maximum atomic E-state index is 12.3. The summed E-state index contributed by atoms with van der Waals surface area (Å²) in [6.45, 7) is 12.6. The van der Waals surface area contributed by atoms with Crippen LogP contribution in [0.4, 0.5) is 0 Å². The van der Waals surface area contributed by atoms with Crippen LogP contribution in [0, 0.1) is 10.8 Å². The van der Waals surface area contributed by atoms with Crippen LogP contribution in [0.15, 0.2) is 0 Å². The van der Waals surface area contributed by atoms with Crippen LogP contribution in [0.1, 0.15) is 53.9 Å². The van der Waals surface area contributed by atoms with E-state index in [0.717, 1.165) is 32.4 Å². The highest BCUT2D eigenvalue weighted by Gasteiger charge is 2.35. The monoisotopic (exact) mass is 256 g/mol. The van der Waals surface area contributed by atoms with Crippen LogP contribution in [-0.2, 0) is 4.79 Å². The summed E-state index contributed by atoms with van der Waals surface area (Å²) in [5, 5.41) is 3.09. The van der Waals surface area contributed by atoms with Gasteiger partial charge in [0.05, 0.1) is 0 Å². The van der Waals surface area contributed by atoms with Gasteiger partial charge >= 0.3 is 0 Å². The Bertz CT molecular complexity index is 256. The molecule has 0 radical (unpaired) electrons. The number of carbonyl (C=O) groups is 1. The highest BCUT2D eigenvalue weighted by molar-refractivity contribution is 5.82. The first-order valence-electron chi connectivity index (χ1n) is 7.04. The first-order chi connectivity index (χ1) is 8.10. The second kappa shape index (κ2) is 7.13. The lowest BCUT2D eigenvalue weighted by molar-refractivity contribution is -0.132. The third kappa shape index (κ3) is 7.00. The second-order valence-electron chi connectivity index (χ2n) is 7.06. The van der Waals surface area contributed by atoms with Crippen LogP contribution in [-0.4, -0.2) is 38.0 Å². The van der Waals surface area contributed by atoms with Gasteiger partial charge in [-0.05, 0) is 45.3 Å². The van der Waals surface area contributed by atoms with Crippen molar-refractivity contribution in [1.82, 2.24) is 10.2 Å². The molecule has 3 heteroatoms. The van der Waals surface area contributed by atoms with E-state index in [0.29, 0.717) is 0 Å². The van der Waals surface area contributed by atoms with Gasteiger partial charge in [0.25, 0.3) is 0 Å². The van der Waals surface area contributed by atoms with E-state index in [9.17, 15) is 4.79 Å². The molecule has 0 aromatic rings. The van der Waals surface area contributed by atoms with Crippen molar-refractivity contribution in [2.24, 2.45) is 10.8 Å². The molecular weight excluding hydrogens is 224 g/mol. The van der Waals surface area contributed by atoms with Crippen LogP contribution in [0.25, 0.3) is 0 Å². The first-order valence-corrected chi connectivity index (χ1v) is 7.04. The molecule has 0 aliphatic rings. The molecule has 0 saturated carbocycles. The van der Waals surface area contributed by atoms with Crippen molar-refractivity contribution in [3.8, 4) is 0 Å². The highest BCUT2D eigenvalue weighted by Crippen LogP contribution is 2.36. The Hall–Kier alpha value is -0.570. The minimum atomic E-state index is -0.240. The van der Waals surface area contributed by atoms with Gasteiger partial charge in [0.2, 0.25) is 5.91 Å². The fourth-order valence-corrected chi connectivity index (χ4v) is 2.35. The number of carbonyl (C=O) groups excluding carboxylic acids is 1. The Balaban J connectivity index is 4.26. The summed E-state index contributed by atoms with van der Waals surface area (Å²) in [6, 6.07) is 0. The predicted molar refractivity (Wildman–Crippen MR) is 78.7 cm³/mol. The van der Waals surface area contributed by atoms with Crippen LogP contribution in [0.3, 0.4) is 0 Å². The summed E-state index contributed by atoms with van der Waals surface area (Å²) in [4.78, 5) is 14.4. The quantitative estimate of drug-likeness (QED) is 0.710. The SMILES string of the molecule is CCC(C)(CC(C)(C)C)C(=O)NCCCN(C)C. The van der Waals surface area contributed by atoms with E-state index in [2.05, 4.69) is 58.9 Å². The van der Waals surface area contributed by atoms with Crippen molar-refractivity contribution in [3.63, 3.8) is 0 Å². The largest absolute Gasteiger partial charge is 0.356 e. The van der Waals surface area contributed by atoms with Crippen molar-refractivity contribution in [2.75, 3.05) is 27.2 Å². The van der Waals surface area contributed by atoms with E-state index in [1.807, 2.05) is 0 Å². The van der Waals surface area contributed by atoms with E-state index >= 15 is 0 Å². The van der Waals surface area contributed by atoms with Gasteiger partial charge in [0.1, 0.15) is 0 Å². The minimum Gasteiger partial charge on any atom is -0.356 e. The van der Waals surface area contributed by atoms with E-state index in [1.54, 1.807) is 0 Å². The van der Waals surface area contributed by atoms with Gasteiger partial charge in [-0.1, -0.05) is 34.6 Å². The average Bonchev–Trinajstić information content (AvgIpc) is 2.21. The zero-order valence-electron chi connectivity index (χ0n) is 13.4. The Morgan fingerprint density at radius 3 is 2.11 bits per heavy atom. The summed E-state index contributed by atoms with van der Waals surface area (Å²) in [5.74, 6) is 0.207. The number of nitrogens with zero attached hydrogens (tertiary/aromatic N) is 1. The van der Waals surface area contributed by atoms with Crippen molar-refractivity contribution in [2.45, 2.75) is 53.9 Å². The van der Waals surface area contributed by atoms with Crippen molar-refractivity contribution < 1.29 is 4.79 Å². The third-order valence-electron chi connectivity index (χ3n) is 3.32. The van der Waals surface area contributed by atoms with E-state index in [1.165, 1.54) is 0 Å². The van der Waals surface area contributed by atoms with Crippen LogP contribution < -0.4 is 5.32 Å². The summed E-state index contributed by atoms with van der Waals surface area (Å²) in [6.07, 6.45) is 2.83. The molecule has 108 valence electrons. The molecule has 18 heavy (non-hydrogen) atoms. The van der Waals surface area contributed by atoms with Crippen LogP contribution in [0.5, 0.6) is 0 Å². The molecule has 0 aromatic carbocycles. The average molecular weight is 256 g/mol. The molecular formula is C15H32N2O. The Labute approximate surface area is 113 Å². The number of rotatable bonds is 7. The fourth-order valence-electron chi connectivity index (χ4n) is 2.35. The zero-order chi connectivity index (χ0) is 14.4. The Morgan fingerprint density at radius 1 is 1.17 bits per heavy atom. The van der Waals surface area contributed by atoms with Crippen molar-refractivity contribution >= 4 is 5.91 Å². The summed E-state index contributed by atoms with van der Waals surface area (Å²) >= 11 is 0. The molecule has 0 saturated heterocycles. The van der Waals surface area contributed by atoms with Gasteiger partial charge in [-0.2, -0.15) is 0 Å². The molecule has 3 nitrogen and oxygen atoms in total. The predicted octanol–water partition coefficient (Wildman–Crippen LogP) is 2.91. The number of nitrogens with one attached hydrogen (secondary N) is 1. The summed E-state index contributed by atoms with van der Waals surface area (Å²) < 4.78 is 0. The number of amides is 1. The molecule has 0 spiro atoms. The molecule has 0 aliphatic heterocycles. The van der Waals surface area contributed by atoms with Gasteiger partial charge in [-0.15, -0.1) is 0 Å². The molecule has 0 aromatic heterocycles. The van der Waals surface area contributed by atoms with Gasteiger partial charge in [0, 0.05) is 12.0 Å². The van der Waals surface area contributed by atoms with E-state index < -0.39 is 0 Å². The topological polar surface area (TPSA) is 32.3 Å². The molecule has 1 amide bonds. The molecule has 0 aliphatic carbocycles. The van der Waals surface area contributed by atoms with E-state index in [-0.39, 0.29) is 16.7 Å². The molecule has 0 heterocycles. The van der Waals surface area contributed by atoms with Crippen LogP contribution >= 0.6 is 0 Å². The summed E-state index contributed by atoms with van der Waals surface area (Å²) in [7, 11) is 4.11. The summed E-state index contributed by atoms with van der Waals surface area (Å²) in [5.41, 5.74) is -0.0535. The normalized spacial score (nSPS) is 15.6. The lowest BCUT2D eigenvalue weighted by atomic mass is 9.73. The maximum Gasteiger partial charge on any atom is 0.225 e. The third-order valence-corrected chi connectivity index (χ3v) is 3.32. The lowest BCUT2D eigenvalue weighted by Gasteiger charge is -2.33. The van der Waals surface area contributed by atoms with E-state index in [4.69, 9.17) is 0 Å². The number of hydrogen-bond acceptors (Lipinski definition) is 2. The minimum absolute atomic E-state index is 0.186. The molecule has 0 bridgehead atoms. The van der Waals surface area contributed by atoms with Gasteiger partial charge in [0.15, 0.2) is 0 Å². The first kappa shape index (κ1) is 17.4. The number of hydrogen-bond donors (Lipinski definition) is 1. The molecule has 1 unspecified atom stereocenters. The highest BCUT2D eigenvalue weighted by atomic mass is 16.2. The molecule has 0 fully saturated rings. The van der Waals surface area contributed by atoms with Gasteiger partial charge in [-0.25, -0.2) is 0 Å². The molecule has 1 N–H and O–H groups in total. The Kier molecular flexibility index (Phi) is 6.90. The Morgan fingerprint density at radius 2 is 1.72 bits per heavy atom. The smallest absolute Gasteiger partial charge is 0.225 e. The fraction of sp³-hybridized carbons (Fsp3) is 0.933.